The number of benzene rings is 1. The summed E-state index contributed by atoms with van der Waals surface area (Å²) < 4.78 is 0.791. The van der Waals surface area contributed by atoms with Crippen LogP contribution in [0.25, 0.3) is 0 Å². The summed E-state index contributed by atoms with van der Waals surface area (Å²) in [5.74, 6) is -0.280. The Morgan fingerprint density at radius 1 is 1.59 bits per heavy atom. The van der Waals surface area contributed by atoms with Gasteiger partial charge in [-0.15, -0.1) is 0 Å². The highest BCUT2D eigenvalue weighted by Crippen LogP contribution is 2.18. The Hall–Kier alpha value is -1.07. The molecule has 1 amide bonds. The topological polar surface area (TPSA) is 75.3 Å². The fourth-order valence-corrected chi connectivity index (χ4v) is 1.58. The predicted molar refractivity (Wildman–Crippen MR) is 71.8 cm³/mol. The summed E-state index contributed by atoms with van der Waals surface area (Å²) in [6.07, 6.45) is 0.571. The Labute approximate surface area is 109 Å². The number of rotatable bonds is 4. The van der Waals surface area contributed by atoms with E-state index in [9.17, 15) is 9.90 Å². The van der Waals surface area contributed by atoms with Gasteiger partial charge < -0.3 is 16.2 Å². The number of nitrogens with one attached hydrogen (secondary N) is 1. The molecule has 0 aliphatic rings. The molecular weight excluding hydrogens is 284 g/mol. The summed E-state index contributed by atoms with van der Waals surface area (Å²) in [6, 6.07) is 5.09. The van der Waals surface area contributed by atoms with Crippen molar-refractivity contribution in [2.75, 3.05) is 12.3 Å². The summed E-state index contributed by atoms with van der Waals surface area (Å²) in [6.45, 7) is 3.74. The van der Waals surface area contributed by atoms with Crippen LogP contribution in [0.15, 0.2) is 22.7 Å². The van der Waals surface area contributed by atoms with Crippen LogP contribution in [-0.2, 0) is 0 Å². The van der Waals surface area contributed by atoms with E-state index in [2.05, 4.69) is 21.2 Å². The van der Waals surface area contributed by atoms with Crippen LogP contribution in [0.3, 0.4) is 0 Å². The number of anilines is 1. The third-order valence-corrected chi connectivity index (χ3v) is 3.14. The smallest absolute Gasteiger partial charge is 0.253 e. The van der Waals surface area contributed by atoms with Crippen molar-refractivity contribution >= 4 is 27.5 Å². The Bertz CT molecular complexity index is 419. The van der Waals surface area contributed by atoms with E-state index in [1.54, 1.807) is 25.1 Å². The zero-order chi connectivity index (χ0) is 13.1. The molecule has 0 aliphatic carbocycles. The van der Waals surface area contributed by atoms with Gasteiger partial charge in [-0.2, -0.15) is 0 Å². The normalized spacial score (nSPS) is 14.1. The molecule has 5 heteroatoms. The van der Waals surface area contributed by atoms with E-state index in [1.807, 2.05) is 6.92 Å². The number of carbonyl (C=O) groups is 1. The number of hydrogen-bond donors (Lipinski definition) is 3. The first-order valence-electron chi connectivity index (χ1n) is 5.41. The highest BCUT2D eigenvalue weighted by atomic mass is 79.9. The number of carbonyl (C=O) groups excluding carboxylic acids is 1. The van der Waals surface area contributed by atoms with Gasteiger partial charge in [0.25, 0.3) is 5.91 Å². The van der Waals surface area contributed by atoms with E-state index in [0.717, 1.165) is 4.47 Å². The molecule has 0 spiro atoms. The molecule has 17 heavy (non-hydrogen) atoms. The van der Waals surface area contributed by atoms with Crippen LogP contribution in [-0.4, -0.2) is 23.2 Å². The van der Waals surface area contributed by atoms with Gasteiger partial charge in [0.05, 0.1) is 11.2 Å². The third-order valence-electron chi connectivity index (χ3n) is 2.65. The Morgan fingerprint density at radius 3 is 2.82 bits per heavy atom. The van der Waals surface area contributed by atoms with E-state index in [1.165, 1.54) is 0 Å². The molecule has 1 unspecified atom stereocenters. The standard InChI is InChI=1S/C12H17BrN2O2/c1-3-12(2,17)7-15-11(16)9-6-8(13)4-5-10(9)14/h4-6,17H,3,7,14H2,1-2H3,(H,15,16). The quantitative estimate of drug-likeness (QED) is 0.744. The van der Waals surface area contributed by atoms with Crippen LogP contribution < -0.4 is 11.1 Å². The van der Waals surface area contributed by atoms with Crippen molar-refractivity contribution in [2.24, 2.45) is 0 Å². The molecule has 1 aromatic rings. The maximum absolute atomic E-state index is 11.9. The fourth-order valence-electron chi connectivity index (χ4n) is 1.22. The van der Waals surface area contributed by atoms with Gasteiger partial charge in [0.15, 0.2) is 0 Å². The molecule has 0 aliphatic heterocycles. The van der Waals surface area contributed by atoms with Crippen molar-refractivity contribution in [3.05, 3.63) is 28.2 Å². The summed E-state index contributed by atoms with van der Waals surface area (Å²) in [5, 5.41) is 12.5. The van der Waals surface area contributed by atoms with Gasteiger partial charge >= 0.3 is 0 Å². The van der Waals surface area contributed by atoms with Crippen LogP contribution in [0.1, 0.15) is 30.6 Å². The van der Waals surface area contributed by atoms with Crippen LogP contribution in [0, 0.1) is 0 Å². The van der Waals surface area contributed by atoms with E-state index in [-0.39, 0.29) is 12.5 Å². The summed E-state index contributed by atoms with van der Waals surface area (Å²) in [5.41, 5.74) is 5.65. The van der Waals surface area contributed by atoms with Crippen molar-refractivity contribution in [2.45, 2.75) is 25.9 Å². The molecule has 0 saturated heterocycles. The van der Waals surface area contributed by atoms with Crippen LogP contribution in [0.5, 0.6) is 0 Å². The van der Waals surface area contributed by atoms with E-state index >= 15 is 0 Å². The number of nitrogens with two attached hydrogens (primary N) is 1. The number of hydrogen-bond acceptors (Lipinski definition) is 3. The van der Waals surface area contributed by atoms with E-state index in [0.29, 0.717) is 17.7 Å². The molecule has 1 aromatic carbocycles. The van der Waals surface area contributed by atoms with Crippen molar-refractivity contribution < 1.29 is 9.90 Å². The molecule has 94 valence electrons. The monoisotopic (exact) mass is 300 g/mol. The minimum Gasteiger partial charge on any atom is -0.398 e. The number of nitrogen functional groups attached to an aromatic ring is 1. The lowest BCUT2D eigenvalue weighted by molar-refractivity contribution is 0.0518. The second-order valence-electron chi connectivity index (χ2n) is 4.26. The van der Waals surface area contributed by atoms with Gasteiger partial charge in [0, 0.05) is 16.7 Å². The van der Waals surface area contributed by atoms with Crippen molar-refractivity contribution in [3.63, 3.8) is 0 Å². The number of aliphatic hydroxyl groups is 1. The van der Waals surface area contributed by atoms with Crippen molar-refractivity contribution in [1.82, 2.24) is 5.32 Å². The molecule has 1 atom stereocenters. The number of halogens is 1. The SMILES string of the molecule is CCC(C)(O)CNC(=O)c1cc(Br)ccc1N. The molecule has 0 aromatic heterocycles. The highest BCUT2D eigenvalue weighted by Gasteiger charge is 2.19. The minimum absolute atomic E-state index is 0.203. The summed E-state index contributed by atoms with van der Waals surface area (Å²) in [7, 11) is 0. The molecule has 4 N–H and O–H groups in total. The summed E-state index contributed by atoms with van der Waals surface area (Å²) >= 11 is 3.28. The van der Waals surface area contributed by atoms with Crippen molar-refractivity contribution in [1.29, 1.82) is 0 Å². The van der Waals surface area contributed by atoms with Gasteiger partial charge in [-0.05, 0) is 31.5 Å². The minimum atomic E-state index is -0.892. The lowest BCUT2D eigenvalue weighted by Crippen LogP contribution is -2.40. The third kappa shape index (κ3) is 4.02. The highest BCUT2D eigenvalue weighted by molar-refractivity contribution is 9.10. The predicted octanol–water partition coefficient (Wildman–Crippen LogP) is 1.92. The fraction of sp³-hybridized carbons (Fsp3) is 0.417. The van der Waals surface area contributed by atoms with Gasteiger partial charge in [0.1, 0.15) is 0 Å². The average molecular weight is 301 g/mol. The number of amides is 1. The van der Waals surface area contributed by atoms with Crippen LogP contribution in [0.4, 0.5) is 5.69 Å². The maximum Gasteiger partial charge on any atom is 0.253 e. The van der Waals surface area contributed by atoms with Gasteiger partial charge in [-0.3, -0.25) is 4.79 Å². The van der Waals surface area contributed by atoms with E-state index in [4.69, 9.17) is 5.73 Å². The lowest BCUT2D eigenvalue weighted by atomic mass is 10.0. The van der Waals surface area contributed by atoms with Gasteiger partial charge in [-0.25, -0.2) is 0 Å². The van der Waals surface area contributed by atoms with Gasteiger partial charge in [-0.1, -0.05) is 22.9 Å². The first-order chi connectivity index (χ1) is 7.85. The molecule has 0 radical (unpaired) electrons. The molecule has 4 nitrogen and oxygen atoms in total. The average Bonchev–Trinajstić information content (AvgIpc) is 2.29. The van der Waals surface area contributed by atoms with E-state index < -0.39 is 5.60 Å². The lowest BCUT2D eigenvalue weighted by Gasteiger charge is -2.21. The zero-order valence-electron chi connectivity index (χ0n) is 9.96. The van der Waals surface area contributed by atoms with Gasteiger partial charge in [0.2, 0.25) is 0 Å². The Kier molecular flexibility index (Phi) is 4.54. The van der Waals surface area contributed by atoms with Crippen LogP contribution >= 0.6 is 15.9 Å². The molecule has 0 heterocycles. The molecule has 1 rings (SSSR count). The molecular formula is C12H17BrN2O2. The molecule has 0 bridgehead atoms. The Morgan fingerprint density at radius 2 is 2.24 bits per heavy atom. The zero-order valence-corrected chi connectivity index (χ0v) is 11.5. The molecule has 0 fully saturated rings. The second kappa shape index (κ2) is 5.51. The second-order valence-corrected chi connectivity index (χ2v) is 5.18. The largest absolute Gasteiger partial charge is 0.398 e. The Balaban J connectivity index is 2.74. The first kappa shape index (κ1) is 14.0. The first-order valence-corrected chi connectivity index (χ1v) is 6.20. The maximum atomic E-state index is 11.9. The molecule has 0 saturated carbocycles. The summed E-state index contributed by atoms with van der Waals surface area (Å²) in [4.78, 5) is 11.9. The van der Waals surface area contributed by atoms with Crippen LogP contribution in [0.2, 0.25) is 0 Å². The van der Waals surface area contributed by atoms with Crippen molar-refractivity contribution in [3.8, 4) is 0 Å².